The number of aryl methyl sites for hydroxylation is 1. The van der Waals surface area contributed by atoms with E-state index in [9.17, 15) is 22.8 Å². The smallest absolute Gasteiger partial charge is 0.416 e. The van der Waals surface area contributed by atoms with Crippen LogP contribution >= 0.6 is 0 Å². The van der Waals surface area contributed by atoms with E-state index in [-0.39, 0.29) is 18.0 Å². The Balaban J connectivity index is 1.87. The molecule has 0 saturated carbocycles. The van der Waals surface area contributed by atoms with Gasteiger partial charge in [-0.15, -0.1) is 0 Å². The van der Waals surface area contributed by atoms with Crippen LogP contribution in [0, 0.1) is 6.92 Å². The standard InChI is InChI=1S/C21H20F3N3O3/c1-3-9-30-17-8-7-14(21(22,23)24)10-16(17)26-18(28)11-27-12-25-19-13(2)5-4-6-15(19)20(27)29/h4-8,10,12H,3,9,11H2,1-2H3,(H,26,28). The number of nitrogens with zero attached hydrogens (tertiary/aromatic N) is 2. The number of para-hydroxylation sites is 1. The molecule has 1 heterocycles. The van der Waals surface area contributed by atoms with Crippen LogP contribution < -0.4 is 15.6 Å². The minimum atomic E-state index is -4.57. The number of ether oxygens (including phenoxy) is 1. The molecule has 0 aliphatic heterocycles. The number of halogens is 3. The largest absolute Gasteiger partial charge is 0.491 e. The molecule has 0 atom stereocenters. The first-order valence-electron chi connectivity index (χ1n) is 9.29. The van der Waals surface area contributed by atoms with Gasteiger partial charge in [0.05, 0.1) is 35.1 Å². The van der Waals surface area contributed by atoms with E-state index in [1.807, 2.05) is 19.9 Å². The Bertz CT molecular complexity index is 1140. The maximum atomic E-state index is 13.1. The third-order valence-electron chi connectivity index (χ3n) is 4.41. The lowest BCUT2D eigenvalue weighted by Gasteiger charge is -2.15. The minimum absolute atomic E-state index is 0.110. The van der Waals surface area contributed by atoms with Gasteiger partial charge in [-0.2, -0.15) is 13.2 Å². The number of amides is 1. The summed E-state index contributed by atoms with van der Waals surface area (Å²) in [5, 5.41) is 2.77. The number of carbonyl (C=O) groups excluding carboxylic acids is 1. The van der Waals surface area contributed by atoms with Gasteiger partial charge < -0.3 is 10.1 Å². The minimum Gasteiger partial charge on any atom is -0.491 e. The van der Waals surface area contributed by atoms with Crippen LogP contribution in [0.5, 0.6) is 5.75 Å². The number of hydrogen-bond acceptors (Lipinski definition) is 4. The first-order valence-corrected chi connectivity index (χ1v) is 9.29. The predicted octanol–water partition coefficient (Wildman–Crippen LogP) is 4.15. The fourth-order valence-electron chi connectivity index (χ4n) is 2.94. The van der Waals surface area contributed by atoms with Gasteiger partial charge in [0.2, 0.25) is 5.91 Å². The zero-order chi connectivity index (χ0) is 21.9. The normalized spacial score (nSPS) is 11.5. The molecule has 1 aromatic heterocycles. The van der Waals surface area contributed by atoms with Crippen LogP contribution in [0.1, 0.15) is 24.5 Å². The Labute approximate surface area is 170 Å². The molecule has 0 bridgehead atoms. The van der Waals surface area contributed by atoms with Gasteiger partial charge in [0.1, 0.15) is 12.3 Å². The molecule has 30 heavy (non-hydrogen) atoms. The summed E-state index contributed by atoms with van der Waals surface area (Å²) in [6, 6.07) is 8.01. The van der Waals surface area contributed by atoms with Crippen LogP contribution in [0.3, 0.4) is 0 Å². The zero-order valence-corrected chi connectivity index (χ0v) is 16.4. The highest BCUT2D eigenvalue weighted by atomic mass is 19.4. The van der Waals surface area contributed by atoms with Crippen molar-refractivity contribution in [3.63, 3.8) is 0 Å². The topological polar surface area (TPSA) is 73.2 Å². The molecule has 0 spiro atoms. The molecule has 6 nitrogen and oxygen atoms in total. The highest BCUT2D eigenvalue weighted by Crippen LogP contribution is 2.35. The molecular formula is C21H20F3N3O3. The van der Waals surface area contributed by atoms with Crippen LogP contribution in [-0.4, -0.2) is 22.1 Å². The Kier molecular flexibility index (Phi) is 6.09. The maximum absolute atomic E-state index is 13.1. The number of fused-ring (bicyclic) bond motifs is 1. The van der Waals surface area contributed by atoms with Gasteiger partial charge in [-0.25, -0.2) is 4.98 Å². The molecule has 0 radical (unpaired) electrons. The van der Waals surface area contributed by atoms with E-state index in [0.717, 1.165) is 22.3 Å². The molecule has 1 amide bonds. The van der Waals surface area contributed by atoms with E-state index >= 15 is 0 Å². The predicted molar refractivity (Wildman–Crippen MR) is 107 cm³/mol. The lowest BCUT2D eigenvalue weighted by atomic mass is 10.1. The highest BCUT2D eigenvalue weighted by Gasteiger charge is 2.31. The van der Waals surface area contributed by atoms with Gasteiger partial charge in [0.15, 0.2) is 0 Å². The van der Waals surface area contributed by atoms with Crippen molar-refractivity contribution in [1.82, 2.24) is 9.55 Å². The second kappa shape index (κ2) is 8.56. The number of benzene rings is 2. The van der Waals surface area contributed by atoms with Crippen LogP contribution in [0.25, 0.3) is 10.9 Å². The van der Waals surface area contributed by atoms with Crippen molar-refractivity contribution in [2.45, 2.75) is 33.0 Å². The van der Waals surface area contributed by atoms with Crippen LogP contribution in [-0.2, 0) is 17.5 Å². The molecule has 0 fully saturated rings. The first kappa shape index (κ1) is 21.4. The molecule has 3 rings (SSSR count). The van der Waals surface area contributed by atoms with Crippen molar-refractivity contribution in [2.75, 3.05) is 11.9 Å². The van der Waals surface area contributed by atoms with Crippen LogP contribution in [0.15, 0.2) is 47.5 Å². The van der Waals surface area contributed by atoms with Crippen molar-refractivity contribution in [2.24, 2.45) is 0 Å². The second-order valence-corrected chi connectivity index (χ2v) is 6.75. The molecule has 1 N–H and O–H groups in total. The van der Waals surface area contributed by atoms with E-state index in [2.05, 4.69) is 10.3 Å². The number of alkyl halides is 3. The molecule has 3 aromatic rings. The van der Waals surface area contributed by atoms with Gasteiger partial charge in [0.25, 0.3) is 5.56 Å². The zero-order valence-electron chi connectivity index (χ0n) is 16.4. The summed E-state index contributed by atoms with van der Waals surface area (Å²) >= 11 is 0. The molecule has 0 unspecified atom stereocenters. The Morgan fingerprint density at radius 2 is 2.00 bits per heavy atom. The second-order valence-electron chi connectivity index (χ2n) is 6.75. The number of anilines is 1. The van der Waals surface area contributed by atoms with E-state index in [1.165, 1.54) is 12.4 Å². The van der Waals surface area contributed by atoms with Crippen molar-refractivity contribution in [1.29, 1.82) is 0 Å². The number of hydrogen-bond donors (Lipinski definition) is 1. The summed E-state index contributed by atoms with van der Waals surface area (Å²) in [5.41, 5.74) is -0.0805. The van der Waals surface area contributed by atoms with Gasteiger partial charge in [-0.1, -0.05) is 19.1 Å². The Morgan fingerprint density at radius 1 is 1.23 bits per heavy atom. The van der Waals surface area contributed by atoms with Gasteiger partial charge >= 0.3 is 6.18 Å². The fourth-order valence-corrected chi connectivity index (χ4v) is 2.94. The maximum Gasteiger partial charge on any atom is 0.416 e. The first-order chi connectivity index (χ1) is 14.2. The van der Waals surface area contributed by atoms with Crippen molar-refractivity contribution in [3.05, 3.63) is 64.2 Å². The van der Waals surface area contributed by atoms with Gasteiger partial charge in [-0.3, -0.25) is 14.2 Å². The van der Waals surface area contributed by atoms with Gasteiger partial charge in [-0.05, 0) is 43.2 Å². The lowest BCUT2D eigenvalue weighted by molar-refractivity contribution is -0.137. The van der Waals surface area contributed by atoms with E-state index < -0.39 is 29.8 Å². The van der Waals surface area contributed by atoms with Crippen molar-refractivity contribution < 1.29 is 22.7 Å². The van der Waals surface area contributed by atoms with Gasteiger partial charge in [0, 0.05) is 0 Å². The summed E-state index contributed by atoms with van der Waals surface area (Å²) in [6.45, 7) is 3.54. The summed E-state index contributed by atoms with van der Waals surface area (Å²) in [7, 11) is 0. The van der Waals surface area contributed by atoms with Crippen LogP contribution in [0.4, 0.5) is 18.9 Å². The van der Waals surface area contributed by atoms with Crippen molar-refractivity contribution >= 4 is 22.5 Å². The quantitative estimate of drug-likeness (QED) is 0.652. The number of nitrogens with one attached hydrogen (secondary N) is 1. The Morgan fingerprint density at radius 3 is 2.70 bits per heavy atom. The molecule has 9 heteroatoms. The molecular weight excluding hydrogens is 399 g/mol. The monoisotopic (exact) mass is 419 g/mol. The summed E-state index contributed by atoms with van der Waals surface area (Å²) in [6.07, 6.45) is -2.68. The molecule has 0 aliphatic rings. The molecule has 2 aromatic carbocycles. The van der Waals surface area contributed by atoms with E-state index in [1.54, 1.807) is 12.1 Å². The number of carbonyl (C=O) groups is 1. The number of rotatable bonds is 6. The fraction of sp³-hybridized carbons (Fsp3) is 0.286. The molecule has 0 aliphatic carbocycles. The van der Waals surface area contributed by atoms with E-state index in [0.29, 0.717) is 17.3 Å². The number of aromatic nitrogens is 2. The van der Waals surface area contributed by atoms with Crippen molar-refractivity contribution in [3.8, 4) is 5.75 Å². The average Bonchev–Trinajstić information content (AvgIpc) is 2.69. The lowest BCUT2D eigenvalue weighted by Crippen LogP contribution is -2.28. The Hall–Kier alpha value is -3.36. The summed E-state index contributed by atoms with van der Waals surface area (Å²) in [4.78, 5) is 29.3. The summed E-state index contributed by atoms with van der Waals surface area (Å²) < 4.78 is 45.7. The third kappa shape index (κ3) is 4.61. The van der Waals surface area contributed by atoms with Crippen LogP contribution in [0.2, 0.25) is 0 Å². The molecule has 0 saturated heterocycles. The average molecular weight is 419 g/mol. The summed E-state index contributed by atoms with van der Waals surface area (Å²) in [5.74, 6) is -0.551. The molecule has 158 valence electrons. The van der Waals surface area contributed by atoms with E-state index in [4.69, 9.17) is 4.74 Å². The third-order valence-corrected chi connectivity index (χ3v) is 4.41. The SMILES string of the molecule is CCCOc1ccc(C(F)(F)F)cc1NC(=O)Cn1cnc2c(C)cccc2c1=O. The highest BCUT2D eigenvalue weighted by molar-refractivity contribution is 5.92.